The summed E-state index contributed by atoms with van der Waals surface area (Å²) in [4.78, 5) is 19.1. The highest BCUT2D eigenvalue weighted by atomic mass is 16.2. The number of rotatable bonds is 4. The molecule has 1 aliphatic heterocycles. The van der Waals surface area contributed by atoms with Gasteiger partial charge >= 0.3 is 0 Å². The van der Waals surface area contributed by atoms with Crippen molar-refractivity contribution in [3.05, 3.63) is 59.7 Å². The highest BCUT2D eigenvalue weighted by Gasteiger charge is 2.29. The van der Waals surface area contributed by atoms with Gasteiger partial charge in [0.25, 0.3) is 5.91 Å². The number of pyridine rings is 1. The molecule has 1 saturated heterocycles. The summed E-state index contributed by atoms with van der Waals surface area (Å²) >= 11 is 0. The van der Waals surface area contributed by atoms with Gasteiger partial charge < -0.3 is 9.47 Å². The molecule has 4 heterocycles. The maximum Gasteiger partial charge on any atom is 0.272 e. The highest BCUT2D eigenvalue weighted by molar-refractivity contribution is 5.92. The van der Waals surface area contributed by atoms with E-state index in [1.807, 2.05) is 52.5 Å². The van der Waals surface area contributed by atoms with Gasteiger partial charge in [-0.1, -0.05) is 6.07 Å². The van der Waals surface area contributed by atoms with Crippen molar-refractivity contribution in [2.24, 2.45) is 7.05 Å². The van der Waals surface area contributed by atoms with Crippen LogP contribution in [0.5, 0.6) is 0 Å². The van der Waals surface area contributed by atoms with E-state index in [0.717, 1.165) is 36.7 Å². The van der Waals surface area contributed by atoms with Gasteiger partial charge in [0.05, 0.1) is 0 Å². The highest BCUT2D eigenvalue weighted by Crippen LogP contribution is 2.26. The van der Waals surface area contributed by atoms with E-state index in [1.54, 1.807) is 12.3 Å². The predicted octanol–water partition coefficient (Wildman–Crippen LogP) is 1.78. The van der Waals surface area contributed by atoms with Gasteiger partial charge in [-0.3, -0.25) is 9.48 Å². The molecule has 8 nitrogen and oxygen atoms in total. The fraction of sp³-hybridized carbons (Fsp3) is 0.421. The molecule has 0 unspecified atom stereocenters. The van der Waals surface area contributed by atoms with Crippen LogP contribution >= 0.6 is 0 Å². The number of aromatic nitrogens is 6. The maximum atomic E-state index is 12.8. The van der Waals surface area contributed by atoms with Gasteiger partial charge in [0.1, 0.15) is 18.1 Å². The molecule has 0 bridgehead atoms. The minimum atomic E-state index is -0.0117. The molecular weight excluding hydrogens is 342 g/mol. The second kappa shape index (κ2) is 7.30. The molecule has 140 valence electrons. The Balaban J connectivity index is 1.50. The monoisotopic (exact) mass is 365 g/mol. The lowest BCUT2D eigenvalue weighted by Gasteiger charge is -2.32. The van der Waals surface area contributed by atoms with E-state index in [4.69, 9.17) is 0 Å². The second-order valence-electron chi connectivity index (χ2n) is 6.99. The van der Waals surface area contributed by atoms with E-state index in [0.29, 0.717) is 18.8 Å². The van der Waals surface area contributed by atoms with Gasteiger partial charge in [0.15, 0.2) is 5.82 Å². The van der Waals surface area contributed by atoms with Crippen molar-refractivity contribution in [3.8, 4) is 0 Å². The van der Waals surface area contributed by atoms with Crippen LogP contribution in [0, 0.1) is 6.92 Å². The maximum absolute atomic E-state index is 12.8. The zero-order chi connectivity index (χ0) is 18.8. The first-order valence-corrected chi connectivity index (χ1v) is 9.20. The first-order chi connectivity index (χ1) is 13.1. The van der Waals surface area contributed by atoms with E-state index in [1.165, 1.54) is 0 Å². The van der Waals surface area contributed by atoms with Crippen LogP contribution in [0.4, 0.5) is 0 Å². The van der Waals surface area contributed by atoms with Crippen LogP contribution in [0.25, 0.3) is 0 Å². The number of aryl methyl sites for hydroxylation is 1. The number of nitrogens with zero attached hydrogens (tertiary/aromatic N) is 7. The second-order valence-corrected chi connectivity index (χ2v) is 6.99. The molecule has 1 amide bonds. The Labute approximate surface area is 157 Å². The summed E-state index contributed by atoms with van der Waals surface area (Å²) in [7, 11) is 1.98. The van der Waals surface area contributed by atoms with Crippen LogP contribution in [0.2, 0.25) is 0 Å². The average Bonchev–Trinajstić information content (AvgIpc) is 3.32. The lowest BCUT2D eigenvalue weighted by atomic mass is 9.97. The van der Waals surface area contributed by atoms with Crippen LogP contribution in [-0.4, -0.2) is 53.4 Å². The molecule has 27 heavy (non-hydrogen) atoms. The Hall–Kier alpha value is -3.03. The SMILES string of the molecule is Cc1cccc(C(=O)N2CCC[C@@H](c3nnc(Cn4cccn4)n3C)C2)n1. The van der Waals surface area contributed by atoms with E-state index in [2.05, 4.69) is 20.3 Å². The molecule has 0 aromatic carbocycles. The van der Waals surface area contributed by atoms with Crippen molar-refractivity contribution in [3.63, 3.8) is 0 Å². The molecule has 4 rings (SSSR count). The van der Waals surface area contributed by atoms with E-state index in [-0.39, 0.29) is 11.8 Å². The van der Waals surface area contributed by atoms with Crippen molar-refractivity contribution in [1.82, 2.24) is 34.4 Å². The molecule has 3 aromatic rings. The summed E-state index contributed by atoms with van der Waals surface area (Å²) in [5.41, 5.74) is 1.36. The number of hydrogen-bond donors (Lipinski definition) is 0. The van der Waals surface area contributed by atoms with Crippen molar-refractivity contribution < 1.29 is 4.79 Å². The first-order valence-electron chi connectivity index (χ1n) is 9.20. The fourth-order valence-electron chi connectivity index (χ4n) is 3.60. The molecule has 0 saturated carbocycles. The molecule has 0 spiro atoms. The smallest absolute Gasteiger partial charge is 0.272 e. The van der Waals surface area contributed by atoms with Gasteiger partial charge in [-0.05, 0) is 38.0 Å². The molecular formula is C19H23N7O. The first kappa shape index (κ1) is 17.4. The van der Waals surface area contributed by atoms with Crippen LogP contribution < -0.4 is 0 Å². The lowest BCUT2D eigenvalue weighted by molar-refractivity contribution is 0.0697. The topological polar surface area (TPSA) is 81.7 Å². The Morgan fingerprint density at radius 1 is 1.26 bits per heavy atom. The van der Waals surface area contributed by atoms with E-state index in [9.17, 15) is 4.79 Å². The molecule has 0 aliphatic carbocycles. The zero-order valence-electron chi connectivity index (χ0n) is 15.6. The summed E-state index contributed by atoms with van der Waals surface area (Å²) in [5.74, 6) is 1.95. The lowest BCUT2D eigenvalue weighted by Crippen LogP contribution is -2.40. The standard InChI is InChI=1S/C19H23N7O/c1-14-6-3-8-16(21-14)19(27)25-10-4-7-15(12-25)18-23-22-17(24(18)2)13-26-11-5-9-20-26/h3,5-6,8-9,11,15H,4,7,10,12-13H2,1-2H3/t15-/m1/s1. The summed E-state index contributed by atoms with van der Waals surface area (Å²) < 4.78 is 3.86. The van der Waals surface area contributed by atoms with Crippen LogP contribution in [0.1, 0.15) is 46.6 Å². The Morgan fingerprint density at radius 3 is 2.93 bits per heavy atom. The van der Waals surface area contributed by atoms with Crippen molar-refractivity contribution >= 4 is 5.91 Å². The number of amides is 1. The third-order valence-electron chi connectivity index (χ3n) is 5.04. The summed E-state index contributed by atoms with van der Waals surface area (Å²) in [6, 6.07) is 7.45. The predicted molar refractivity (Wildman–Crippen MR) is 99.2 cm³/mol. The molecule has 1 fully saturated rings. The third-order valence-corrected chi connectivity index (χ3v) is 5.04. The Bertz CT molecular complexity index is 931. The van der Waals surface area contributed by atoms with Crippen LogP contribution in [0.3, 0.4) is 0 Å². The van der Waals surface area contributed by atoms with Gasteiger partial charge in [0.2, 0.25) is 0 Å². The van der Waals surface area contributed by atoms with Gasteiger partial charge in [0, 0.05) is 44.1 Å². The number of likely N-dealkylation sites (tertiary alicyclic amines) is 1. The zero-order valence-corrected chi connectivity index (χ0v) is 15.6. The quantitative estimate of drug-likeness (QED) is 0.704. The third kappa shape index (κ3) is 3.60. The number of carbonyl (C=O) groups excluding carboxylic acids is 1. The van der Waals surface area contributed by atoms with Gasteiger partial charge in [-0.25, -0.2) is 4.98 Å². The number of piperidine rings is 1. The van der Waals surface area contributed by atoms with Crippen molar-refractivity contribution in [2.45, 2.75) is 32.2 Å². The average molecular weight is 365 g/mol. The van der Waals surface area contributed by atoms with Gasteiger partial charge in [-0.15, -0.1) is 10.2 Å². The Morgan fingerprint density at radius 2 is 2.15 bits per heavy atom. The van der Waals surface area contributed by atoms with E-state index >= 15 is 0 Å². The fourth-order valence-corrected chi connectivity index (χ4v) is 3.60. The summed E-state index contributed by atoms with van der Waals surface area (Å²) in [6.07, 6.45) is 5.60. The molecule has 0 N–H and O–H groups in total. The van der Waals surface area contributed by atoms with Crippen LogP contribution in [0.15, 0.2) is 36.7 Å². The molecule has 0 radical (unpaired) electrons. The minimum Gasteiger partial charge on any atom is -0.337 e. The number of carbonyl (C=O) groups is 1. The molecule has 3 aromatic heterocycles. The van der Waals surface area contributed by atoms with Crippen molar-refractivity contribution in [2.75, 3.05) is 13.1 Å². The number of hydrogen-bond acceptors (Lipinski definition) is 5. The van der Waals surface area contributed by atoms with Crippen molar-refractivity contribution in [1.29, 1.82) is 0 Å². The van der Waals surface area contributed by atoms with Gasteiger partial charge in [-0.2, -0.15) is 5.10 Å². The minimum absolute atomic E-state index is 0.0117. The molecule has 1 aliphatic rings. The molecule has 8 heteroatoms. The normalized spacial score (nSPS) is 17.3. The Kier molecular flexibility index (Phi) is 4.70. The van der Waals surface area contributed by atoms with E-state index < -0.39 is 0 Å². The largest absolute Gasteiger partial charge is 0.337 e. The van der Waals surface area contributed by atoms with Crippen LogP contribution in [-0.2, 0) is 13.6 Å². The molecule has 1 atom stereocenters. The summed E-state index contributed by atoms with van der Waals surface area (Å²) in [5, 5.41) is 13.0. The summed E-state index contributed by atoms with van der Waals surface area (Å²) in [6.45, 7) is 3.88.